The van der Waals surface area contributed by atoms with E-state index < -0.39 is 53.0 Å². The van der Waals surface area contributed by atoms with Crippen LogP contribution in [0.1, 0.15) is 219 Å². The molecule has 3 saturated carbocycles. The lowest BCUT2D eigenvalue weighted by Crippen LogP contribution is -2.52. The Balaban J connectivity index is 1.40. The first-order valence-electron chi connectivity index (χ1n) is 27.7. The van der Waals surface area contributed by atoms with Crippen molar-refractivity contribution in [3.8, 4) is 0 Å². The second kappa shape index (κ2) is 25.9. The summed E-state index contributed by atoms with van der Waals surface area (Å²) >= 11 is 0. The molecule has 3 N–H and O–H groups in total. The Bertz CT molecular complexity index is 1740. The van der Waals surface area contributed by atoms with Gasteiger partial charge in [0.15, 0.2) is 0 Å². The summed E-state index contributed by atoms with van der Waals surface area (Å²) in [5.74, 6) is 3.70. The number of rotatable bonds is 23. The smallest absolute Gasteiger partial charge is 0.408 e. The zero-order valence-electron chi connectivity index (χ0n) is 46.6. The lowest BCUT2D eigenvalue weighted by Gasteiger charge is -2.58. The topological polar surface area (TPSA) is 162 Å². The quantitative estimate of drug-likeness (QED) is 0.0392. The molecule has 2 unspecified atom stereocenters. The summed E-state index contributed by atoms with van der Waals surface area (Å²) in [6.07, 6.45) is 19.3. The molecule has 0 radical (unpaired) electrons. The van der Waals surface area contributed by atoms with Crippen LogP contribution >= 0.6 is 0 Å². The number of allylic oxidation sites excluding steroid dienone is 1. The minimum absolute atomic E-state index is 0.115. The van der Waals surface area contributed by atoms with Crippen molar-refractivity contribution in [2.75, 3.05) is 26.2 Å². The van der Waals surface area contributed by atoms with Gasteiger partial charge in [0.2, 0.25) is 5.91 Å². The van der Waals surface area contributed by atoms with E-state index >= 15 is 0 Å². The van der Waals surface area contributed by atoms with Gasteiger partial charge in [0.05, 0.1) is 0 Å². The average Bonchev–Trinajstić information content (AvgIpc) is 3.58. The standard InChI is InChI=1S/C57H100N4O9/c1-39(2)23-21-24-40(3)44-28-29-45-43-27-26-41-37-42(30-32-56(41,13)46(43)31-33-57(44,45)14)67-48(62)38-61(36-20-18-16-15-17-19-34-58-50(64)68-53(4,5)6)49(63)47(60-52(66)70-55(10,11)12)25-22-35-59-51(65)69-54(7,8)9/h26,39-40,42-47H,15-25,27-38H2,1-14H3,(H,58,64)(H,59,65)(H,60,66)/t40?,42-,43-,44+,45-,46-,47?,56-,57+/m0/s1. The normalized spacial score (nSPS) is 26.3. The molecule has 4 aliphatic rings. The van der Waals surface area contributed by atoms with Gasteiger partial charge in [0.25, 0.3) is 0 Å². The van der Waals surface area contributed by atoms with Gasteiger partial charge in [-0.15, -0.1) is 0 Å². The summed E-state index contributed by atoms with van der Waals surface area (Å²) in [5, 5.41) is 8.34. The molecule has 3 fully saturated rings. The van der Waals surface area contributed by atoms with Gasteiger partial charge in [-0.1, -0.05) is 91.2 Å². The molecule has 4 amide bonds. The maximum absolute atomic E-state index is 14.5. The monoisotopic (exact) mass is 985 g/mol. The van der Waals surface area contributed by atoms with Crippen LogP contribution in [0, 0.1) is 46.3 Å². The van der Waals surface area contributed by atoms with E-state index in [2.05, 4.69) is 56.6 Å². The van der Waals surface area contributed by atoms with Crippen LogP contribution in [0.5, 0.6) is 0 Å². The lowest BCUT2D eigenvalue weighted by atomic mass is 9.47. The summed E-state index contributed by atoms with van der Waals surface area (Å²) in [5.41, 5.74) is -0.00280. The second-order valence-corrected chi connectivity index (χ2v) is 25.7. The number of hydrogen-bond acceptors (Lipinski definition) is 9. The van der Waals surface area contributed by atoms with E-state index in [0.717, 1.165) is 87.4 Å². The molecule has 0 saturated heterocycles. The predicted molar refractivity (Wildman–Crippen MR) is 278 cm³/mol. The number of fused-ring (bicyclic) bond motifs is 5. The number of carbonyl (C=O) groups is 5. The van der Waals surface area contributed by atoms with Crippen LogP contribution in [0.2, 0.25) is 0 Å². The molecular formula is C57H100N4O9. The van der Waals surface area contributed by atoms with Gasteiger partial charge in [-0.2, -0.15) is 0 Å². The minimum atomic E-state index is -1.00. The van der Waals surface area contributed by atoms with Crippen LogP contribution in [-0.2, 0) is 28.5 Å². The maximum Gasteiger partial charge on any atom is 0.408 e. The van der Waals surface area contributed by atoms with Crippen molar-refractivity contribution in [1.29, 1.82) is 0 Å². The SMILES string of the molecule is CC(C)CCCC(C)[C@H]1CC[C@H]2[C@@H]3CC=C4C[C@@H](OC(=O)CN(CCCCCCCCNC(=O)OC(C)(C)C)C(=O)C(CCCNC(=O)OC(C)(C)C)NC(=O)OC(C)(C)C)CC[C@]4(C)[C@H]3CC[C@]12C. The van der Waals surface area contributed by atoms with Crippen molar-refractivity contribution in [2.45, 2.75) is 248 Å². The van der Waals surface area contributed by atoms with Gasteiger partial charge in [0.1, 0.15) is 35.5 Å². The molecular weight excluding hydrogens is 885 g/mol. The molecule has 9 atom stereocenters. The summed E-state index contributed by atoms with van der Waals surface area (Å²) in [6, 6.07) is -1.00. The van der Waals surface area contributed by atoms with Crippen molar-refractivity contribution >= 4 is 30.2 Å². The summed E-state index contributed by atoms with van der Waals surface area (Å²) < 4.78 is 22.6. The molecule has 0 heterocycles. The highest BCUT2D eigenvalue weighted by atomic mass is 16.6. The van der Waals surface area contributed by atoms with E-state index in [4.69, 9.17) is 18.9 Å². The predicted octanol–water partition coefficient (Wildman–Crippen LogP) is 12.8. The Morgan fingerprint density at radius 1 is 0.671 bits per heavy atom. The van der Waals surface area contributed by atoms with Gasteiger partial charge < -0.3 is 39.8 Å². The molecule has 0 spiro atoms. The van der Waals surface area contributed by atoms with Crippen molar-refractivity contribution in [3.63, 3.8) is 0 Å². The largest absolute Gasteiger partial charge is 0.461 e. The molecule has 0 bridgehead atoms. The zero-order chi connectivity index (χ0) is 52.1. The fraction of sp³-hybridized carbons (Fsp3) is 0.877. The first-order chi connectivity index (χ1) is 32.6. The van der Waals surface area contributed by atoms with E-state index in [1.807, 2.05) is 20.8 Å². The molecule has 13 heteroatoms. The van der Waals surface area contributed by atoms with Crippen LogP contribution in [0.3, 0.4) is 0 Å². The van der Waals surface area contributed by atoms with Crippen molar-refractivity contribution in [3.05, 3.63) is 11.6 Å². The summed E-state index contributed by atoms with van der Waals surface area (Å²) in [7, 11) is 0. The summed E-state index contributed by atoms with van der Waals surface area (Å²) in [6.45, 7) is 29.4. The van der Waals surface area contributed by atoms with Crippen molar-refractivity contribution < 1.29 is 42.9 Å². The number of hydrogen-bond donors (Lipinski definition) is 3. The fourth-order valence-electron chi connectivity index (χ4n) is 12.8. The van der Waals surface area contributed by atoms with Crippen molar-refractivity contribution in [1.82, 2.24) is 20.9 Å². The number of amides is 4. The molecule has 4 aliphatic carbocycles. The first-order valence-corrected chi connectivity index (χ1v) is 27.7. The molecule has 4 rings (SSSR count). The third-order valence-corrected chi connectivity index (χ3v) is 16.0. The Morgan fingerprint density at radius 3 is 1.87 bits per heavy atom. The number of nitrogens with zero attached hydrogens (tertiary/aromatic N) is 1. The van der Waals surface area contributed by atoms with Crippen LogP contribution in [0.25, 0.3) is 0 Å². The molecule has 0 aliphatic heterocycles. The van der Waals surface area contributed by atoms with Gasteiger partial charge in [-0.3, -0.25) is 9.59 Å². The number of ether oxygens (including phenoxy) is 4. The van der Waals surface area contributed by atoms with Crippen molar-refractivity contribution in [2.24, 2.45) is 46.3 Å². The van der Waals surface area contributed by atoms with E-state index in [-0.39, 0.29) is 31.0 Å². The number of alkyl carbamates (subject to hydrolysis) is 3. The van der Waals surface area contributed by atoms with Gasteiger partial charge in [-0.05, 0) is 179 Å². The third-order valence-electron chi connectivity index (χ3n) is 16.0. The number of esters is 1. The van der Waals surface area contributed by atoms with Crippen LogP contribution in [0.15, 0.2) is 11.6 Å². The Labute approximate surface area is 424 Å². The van der Waals surface area contributed by atoms with E-state index in [1.165, 1.54) is 55.4 Å². The Morgan fingerprint density at radius 2 is 1.26 bits per heavy atom. The highest BCUT2D eigenvalue weighted by Gasteiger charge is 2.59. The molecule has 70 heavy (non-hydrogen) atoms. The van der Waals surface area contributed by atoms with Crippen LogP contribution < -0.4 is 16.0 Å². The van der Waals surface area contributed by atoms with E-state index in [1.54, 1.807) is 41.5 Å². The minimum Gasteiger partial charge on any atom is -0.461 e. The highest BCUT2D eigenvalue weighted by Crippen LogP contribution is 2.67. The van der Waals surface area contributed by atoms with E-state index in [9.17, 15) is 24.0 Å². The van der Waals surface area contributed by atoms with Gasteiger partial charge in [0, 0.05) is 26.1 Å². The fourth-order valence-corrected chi connectivity index (χ4v) is 12.8. The molecule has 402 valence electrons. The molecule has 13 nitrogen and oxygen atoms in total. The maximum atomic E-state index is 14.5. The first kappa shape index (κ1) is 59.1. The lowest BCUT2D eigenvalue weighted by molar-refractivity contribution is -0.156. The average molecular weight is 985 g/mol. The zero-order valence-corrected chi connectivity index (χ0v) is 46.6. The molecule has 0 aromatic carbocycles. The Hall–Kier alpha value is -3.51. The van der Waals surface area contributed by atoms with Gasteiger partial charge >= 0.3 is 24.2 Å². The third kappa shape index (κ3) is 18.5. The number of nitrogens with one attached hydrogen (secondary N) is 3. The number of unbranched alkanes of at least 4 members (excludes halogenated alkanes) is 5. The molecule has 0 aromatic heterocycles. The van der Waals surface area contributed by atoms with Gasteiger partial charge in [-0.25, -0.2) is 14.4 Å². The summed E-state index contributed by atoms with van der Waals surface area (Å²) in [4.78, 5) is 67.7. The highest BCUT2D eigenvalue weighted by molar-refractivity contribution is 5.88. The number of carbonyl (C=O) groups excluding carboxylic acids is 5. The molecule has 0 aromatic rings. The Kier molecular flexibility index (Phi) is 21.9. The second-order valence-electron chi connectivity index (χ2n) is 25.7. The van der Waals surface area contributed by atoms with Crippen LogP contribution in [0.4, 0.5) is 14.4 Å². The van der Waals surface area contributed by atoms with Crippen LogP contribution in [-0.4, -0.2) is 90.2 Å². The van der Waals surface area contributed by atoms with E-state index in [0.29, 0.717) is 37.3 Å².